The molecular formula is C8H17NS. The minimum Gasteiger partial charge on any atom is -0.280 e. The van der Waals surface area contributed by atoms with Gasteiger partial charge in [-0.2, -0.15) is 0 Å². The molecule has 0 aliphatic carbocycles. The minimum atomic E-state index is 0.435. The molecule has 0 heterocycles. The third kappa shape index (κ3) is 3.94. The number of rotatable bonds is 2. The van der Waals surface area contributed by atoms with E-state index < -0.39 is 0 Å². The summed E-state index contributed by atoms with van der Waals surface area (Å²) in [5.41, 5.74) is 0. The topological polar surface area (TPSA) is 12.4 Å². The molecule has 0 aliphatic rings. The lowest BCUT2D eigenvalue weighted by Gasteiger charge is -2.07. The molecule has 1 nitrogen and oxygen atoms in total. The molecule has 0 amide bonds. The van der Waals surface area contributed by atoms with Crippen LogP contribution in [0, 0.1) is 5.92 Å². The van der Waals surface area contributed by atoms with Crippen molar-refractivity contribution in [2.24, 2.45) is 10.9 Å². The summed E-state index contributed by atoms with van der Waals surface area (Å²) in [6.45, 7) is 8.58. The van der Waals surface area contributed by atoms with E-state index in [1.807, 2.05) is 0 Å². The van der Waals surface area contributed by atoms with Gasteiger partial charge in [-0.3, -0.25) is 4.99 Å². The lowest BCUT2D eigenvalue weighted by Crippen LogP contribution is -2.05. The first-order valence-electron chi connectivity index (χ1n) is 3.69. The third-order valence-electron chi connectivity index (χ3n) is 1.09. The molecule has 0 aliphatic heterocycles. The van der Waals surface area contributed by atoms with Crippen LogP contribution in [0.5, 0.6) is 0 Å². The van der Waals surface area contributed by atoms with Crippen LogP contribution in [0.4, 0.5) is 0 Å². The van der Waals surface area contributed by atoms with Crippen LogP contribution in [0.3, 0.4) is 0 Å². The predicted molar refractivity (Wildman–Crippen MR) is 50.9 cm³/mol. The van der Waals surface area contributed by atoms with Crippen molar-refractivity contribution < 1.29 is 0 Å². The van der Waals surface area contributed by atoms with Crippen LogP contribution in [0.1, 0.15) is 27.7 Å². The standard InChI is InChI=1S/C8H17NS/c1-6(2)8(10-5)9-7(3)4/h6-7H,1-5H3/b9-8+. The minimum absolute atomic E-state index is 0.435. The van der Waals surface area contributed by atoms with Crippen molar-refractivity contribution in [3.8, 4) is 0 Å². The molecule has 0 spiro atoms. The Balaban J connectivity index is 4.04. The van der Waals surface area contributed by atoms with Gasteiger partial charge in [0.2, 0.25) is 0 Å². The maximum Gasteiger partial charge on any atom is 0.0701 e. The Morgan fingerprint density at radius 1 is 1.20 bits per heavy atom. The summed E-state index contributed by atoms with van der Waals surface area (Å²) < 4.78 is 0. The Morgan fingerprint density at radius 3 is 1.80 bits per heavy atom. The first kappa shape index (κ1) is 10.0. The van der Waals surface area contributed by atoms with Crippen molar-refractivity contribution in [3.63, 3.8) is 0 Å². The van der Waals surface area contributed by atoms with Crippen LogP contribution in [0.15, 0.2) is 4.99 Å². The highest BCUT2D eigenvalue weighted by Crippen LogP contribution is 2.10. The van der Waals surface area contributed by atoms with E-state index in [4.69, 9.17) is 0 Å². The summed E-state index contributed by atoms with van der Waals surface area (Å²) in [6.07, 6.45) is 2.08. The number of hydrogen-bond acceptors (Lipinski definition) is 2. The first-order chi connectivity index (χ1) is 4.57. The molecule has 2 heteroatoms. The zero-order valence-electron chi connectivity index (χ0n) is 7.51. The highest BCUT2D eigenvalue weighted by Gasteiger charge is 2.02. The van der Waals surface area contributed by atoms with Crippen molar-refractivity contribution >= 4 is 16.8 Å². The quantitative estimate of drug-likeness (QED) is 0.446. The first-order valence-corrected chi connectivity index (χ1v) is 4.92. The number of aliphatic imine (C=N–C) groups is 1. The summed E-state index contributed by atoms with van der Waals surface area (Å²) in [5, 5.41) is 1.26. The molecule has 0 N–H and O–H groups in total. The van der Waals surface area contributed by atoms with Gasteiger partial charge in [0, 0.05) is 12.0 Å². The largest absolute Gasteiger partial charge is 0.280 e. The van der Waals surface area contributed by atoms with E-state index in [1.165, 1.54) is 5.04 Å². The molecule has 0 bridgehead atoms. The molecule has 0 saturated heterocycles. The van der Waals surface area contributed by atoms with Gasteiger partial charge in [0.25, 0.3) is 0 Å². The van der Waals surface area contributed by atoms with Crippen molar-refractivity contribution in [2.45, 2.75) is 33.7 Å². The molecule has 10 heavy (non-hydrogen) atoms. The van der Waals surface area contributed by atoms with Crippen LogP contribution in [-0.2, 0) is 0 Å². The summed E-state index contributed by atoms with van der Waals surface area (Å²) in [5.74, 6) is 0.581. The van der Waals surface area contributed by atoms with Gasteiger partial charge < -0.3 is 0 Å². The van der Waals surface area contributed by atoms with Gasteiger partial charge in [0.1, 0.15) is 0 Å². The van der Waals surface area contributed by atoms with E-state index in [0.717, 1.165) is 0 Å². The second-order valence-corrected chi connectivity index (χ2v) is 3.75. The average molecular weight is 159 g/mol. The Labute approximate surface area is 68.3 Å². The van der Waals surface area contributed by atoms with Gasteiger partial charge in [-0.25, -0.2) is 0 Å². The molecule has 0 unspecified atom stereocenters. The van der Waals surface area contributed by atoms with Crippen molar-refractivity contribution in [3.05, 3.63) is 0 Å². The van der Waals surface area contributed by atoms with Crippen LogP contribution in [-0.4, -0.2) is 17.3 Å². The van der Waals surface area contributed by atoms with Gasteiger partial charge in [-0.15, -0.1) is 11.8 Å². The third-order valence-corrected chi connectivity index (χ3v) is 2.08. The van der Waals surface area contributed by atoms with E-state index in [2.05, 4.69) is 38.9 Å². The average Bonchev–Trinajstić information content (AvgIpc) is 1.81. The van der Waals surface area contributed by atoms with E-state index in [-0.39, 0.29) is 0 Å². The number of thioether (sulfide) groups is 1. The lowest BCUT2D eigenvalue weighted by atomic mass is 10.2. The second kappa shape index (κ2) is 4.78. The summed E-state index contributed by atoms with van der Waals surface area (Å²) in [6, 6.07) is 0.435. The van der Waals surface area contributed by atoms with E-state index >= 15 is 0 Å². The second-order valence-electron chi connectivity index (χ2n) is 2.92. The van der Waals surface area contributed by atoms with Crippen molar-refractivity contribution in [1.29, 1.82) is 0 Å². The maximum atomic E-state index is 4.47. The van der Waals surface area contributed by atoms with Gasteiger partial charge in [-0.05, 0) is 20.1 Å². The van der Waals surface area contributed by atoms with Crippen LogP contribution < -0.4 is 0 Å². The van der Waals surface area contributed by atoms with Gasteiger partial charge >= 0.3 is 0 Å². The Bertz CT molecular complexity index is 116. The van der Waals surface area contributed by atoms with Crippen molar-refractivity contribution in [1.82, 2.24) is 0 Å². The highest BCUT2D eigenvalue weighted by atomic mass is 32.2. The summed E-state index contributed by atoms with van der Waals surface area (Å²) in [4.78, 5) is 4.47. The highest BCUT2D eigenvalue weighted by molar-refractivity contribution is 8.13. The fourth-order valence-corrected chi connectivity index (χ4v) is 1.48. The Morgan fingerprint density at radius 2 is 1.70 bits per heavy atom. The van der Waals surface area contributed by atoms with Crippen LogP contribution in [0.25, 0.3) is 0 Å². The fraction of sp³-hybridized carbons (Fsp3) is 0.875. The zero-order chi connectivity index (χ0) is 8.15. The molecule has 60 valence electrons. The maximum absolute atomic E-state index is 4.47. The Kier molecular flexibility index (Phi) is 4.79. The van der Waals surface area contributed by atoms with Crippen molar-refractivity contribution in [2.75, 3.05) is 6.26 Å². The van der Waals surface area contributed by atoms with Gasteiger partial charge in [0.15, 0.2) is 0 Å². The van der Waals surface area contributed by atoms with E-state index in [9.17, 15) is 0 Å². The summed E-state index contributed by atoms with van der Waals surface area (Å²) >= 11 is 1.76. The Hall–Kier alpha value is 0.0200. The van der Waals surface area contributed by atoms with Gasteiger partial charge in [0.05, 0.1) is 5.04 Å². The number of nitrogens with zero attached hydrogens (tertiary/aromatic N) is 1. The number of hydrogen-bond donors (Lipinski definition) is 0. The van der Waals surface area contributed by atoms with E-state index in [1.54, 1.807) is 11.8 Å². The smallest absolute Gasteiger partial charge is 0.0701 e. The SMILES string of the molecule is CS/C(=N/C(C)C)C(C)C. The van der Waals surface area contributed by atoms with E-state index in [0.29, 0.717) is 12.0 Å². The fourth-order valence-electron chi connectivity index (χ4n) is 0.692. The predicted octanol–water partition coefficient (Wildman–Crippen LogP) is 2.81. The van der Waals surface area contributed by atoms with Crippen LogP contribution in [0.2, 0.25) is 0 Å². The molecular weight excluding hydrogens is 142 g/mol. The molecule has 0 fully saturated rings. The zero-order valence-corrected chi connectivity index (χ0v) is 8.33. The monoisotopic (exact) mass is 159 g/mol. The molecule has 0 aromatic carbocycles. The molecule has 0 atom stereocenters. The molecule has 0 rings (SSSR count). The molecule has 0 aromatic rings. The molecule has 0 aromatic heterocycles. The summed E-state index contributed by atoms with van der Waals surface area (Å²) in [7, 11) is 0. The van der Waals surface area contributed by atoms with Gasteiger partial charge in [-0.1, -0.05) is 13.8 Å². The normalized spacial score (nSPS) is 13.3. The molecule has 0 saturated carbocycles. The van der Waals surface area contributed by atoms with Crippen LogP contribution >= 0.6 is 11.8 Å². The lowest BCUT2D eigenvalue weighted by molar-refractivity contribution is 0.808. The molecule has 0 radical (unpaired) electrons.